The summed E-state index contributed by atoms with van der Waals surface area (Å²) in [5.41, 5.74) is 2.01. The summed E-state index contributed by atoms with van der Waals surface area (Å²) in [6, 6.07) is 12.6. The molecule has 0 radical (unpaired) electrons. The minimum atomic E-state index is -0.656. The third-order valence-corrected chi connectivity index (χ3v) is 4.83. The number of methoxy groups -OCH3 is 2. The van der Waals surface area contributed by atoms with Gasteiger partial charge in [0, 0.05) is 24.5 Å². The molecule has 0 unspecified atom stereocenters. The second-order valence-electron chi connectivity index (χ2n) is 6.76. The molecular formula is C22H26N2O5. The van der Waals surface area contributed by atoms with Crippen molar-refractivity contribution >= 4 is 23.3 Å². The lowest BCUT2D eigenvalue weighted by atomic mass is 10.1. The molecule has 0 aromatic heterocycles. The fraction of sp³-hybridized carbons (Fsp3) is 0.364. The van der Waals surface area contributed by atoms with Crippen LogP contribution >= 0.6 is 0 Å². The minimum absolute atomic E-state index is 0.200. The molecule has 0 aliphatic carbocycles. The second kappa shape index (κ2) is 9.82. The summed E-state index contributed by atoms with van der Waals surface area (Å²) >= 11 is 0. The molecule has 1 aliphatic rings. The smallest absolute Gasteiger partial charge is 0.342 e. The molecule has 2 aromatic rings. The van der Waals surface area contributed by atoms with Crippen molar-refractivity contribution in [1.29, 1.82) is 0 Å². The number of hydrogen-bond acceptors (Lipinski definition) is 6. The highest BCUT2D eigenvalue weighted by atomic mass is 16.5. The highest BCUT2D eigenvalue weighted by molar-refractivity contribution is 5.97. The number of amides is 1. The van der Waals surface area contributed by atoms with Crippen molar-refractivity contribution in [3.63, 3.8) is 0 Å². The Morgan fingerprint density at radius 2 is 1.69 bits per heavy atom. The molecule has 1 aliphatic heterocycles. The van der Waals surface area contributed by atoms with E-state index in [0.29, 0.717) is 11.4 Å². The first-order valence-corrected chi connectivity index (χ1v) is 9.65. The number of para-hydroxylation sites is 1. The molecule has 2 aromatic carbocycles. The molecule has 154 valence electrons. The number of benzene rings is 2. The number of carbonyl (C=O) groups is 2. The molecule has 7 heteroatoms. The van der Waals surface area contributed by atoms with Crippen molar-refractivity contribution in [2.45, 2.75) is 19.3 Å². The monoisotopic (exact) mass is 398 g/mol. The Labute approximate surface area is 170 Å². The first-order chi connectivity index (χ1) is 14.1. The van der Waals surface area contributed by atoms with E-state index in [-0.39, 0.29) is 11.3 Å². The standard InChI is InChI=1S/C22H26N2O5/c1-27-19-8-6-7-18(21(19)28-2)22(26)29-15-20(25)23-16-9-11-17(12-10-16)24-13-4-3-5-14-24/h6-12H,3-5,13-15H2,1-2H3,(H,23,25). The highest BCUT2D eigenvalue weighted by Gasteiger charge is 2.19. The number of ether oxygens (including phenoxy) is 3. The Hall–Kier alpha value is -3.22. The first kappa shape index (κ1) is 20.5. The molecule has 7 nitrogen and oxygen atoms in total. The molecule has 0 bridgehead atoms. The van der Waals surface area contributed by atoms with E-state index >= 15 is 0 Å². The van der Waals surface area contributed by atoms with Gasteiger partial charge in [0.1, 0.15) is 5.56 Å². The van der Waals surface area contributed by atoms with Crippen LogP contribution in [0.25, 0.3) is 0 Å². The Bertz CT molecular complexity index is 845. The van der Waals surface area contributed by atoms with Gasteiger partial charge in [-0.1, -0.05) is 6.07 Å². The van der Waals surface area contributed by atoms with Gasteiger partial charge < -0.3 is 24.4 Å². The molecule has 1 N–H and O–H groups in total. The van der Waals surface area contributed by atoms with Crippen LogP contribution in [0.2, 0.25) is 0 Å². The highest BCUT2D eigenvalue weighted by Crippen LogP contribution is 2.31. The number of nitrogens with zero attached hydrogens (tertiary/aromatic N) is 1. The molecule has 0 saturated carbocycles. The zero-order valence-electron chi connectivity index (χ0n) is 16.8. The molecule has 0 spiro atoms. The zero-order chi connectivity index (χ0) is 20.6. The van der Waals surface area contributed by atoms with Gasteiger partial charge >= 0.3 is 5.97 Å². The van der Waals surface area contributed by atoms with E-state index in [2.05, 4.69) is 10.2 Å². The lowest BCUT2D eigenvalue weighted by Crippen LogP contribution is -2.29. The van der Waals surface area contributed by atoms with E-state index in [1.165, 1.54) is 33.5 Å². The molecule has 1 heterocycles. The Kier molecular flexibility index (Phi) is 6.94. The van der Waals surface area contributed by atoms with Crippen molar-refractivity contribution in [2.75, 3.05) is 44.1 Å². The van der Waals surface area contributed by atoms with E-state index in [0.717, 1.165) is 18.8 Å². The van der Waals surface area contributed by atoms with Gasteiger partial charge in [0.15, 0.2) is 18.1 Å². The molecule has 3 rings (SSSR count). The summed E-state index contributed by atoms with van der Waals surface area (Å²) in [5.74, 6) is -0.379. The van der Waals surface area contributed by atoms with Crippen LogP contribution in [0, 0.1) is 0 Å². The summed E-state index contributed by atoms with van der Waals surface area (Å²) in [4.78, 5) is 26.8. The summed E-state index contributed by atoms with van der Waals surface area (Å²) in [6.07, 6.45) is 3.70. The number of piperidine rings is 1. The lowest BCUT2D eigenvalue weighted by molar-refractivity contribution is -0.119. The predicted molar refractivity (Wildman–Crippen MR) is 111 cm³/mol. The molecule has 29 heavy (non-hydrogen) atoms. The van der Waals surface area contributed by atoms with Crippen LogP contribution in [-0.2, 0) is 9.53 Å². The predicted octanol–water partition coefficient (Wildman–Crippen LogP) is 3.49. The van der Waals surface area contributed by atoms with Gasteiger partial charge in [-0.05, 0) is 55.7 Å². The fourth-order valence-electron chi connectivity index (χ4n) is 3.36. The first-order valence-electron chi connectivity index (χ1n) is 9.65. The van der Waals surface area contributed by atoms with E-state index < -0.39 is 18.5 Å². The maximum Gasteiger partial charge on any atom is 0.342 e. The number of esters is 1. The lowest BCUT2D eigenvalue weighted by Gasteiger charge is -2.28. The molecular weight excluding hydrogens is 372 g/mol. The molecule has 0 atom stereocenters. The van der Waals surface area contributed by atoms with Crippen molar-refractivity contribution in [1.82, 2.24) is 0 Å². The fourth-order valence-corrected chi connectivity index (χ4v) is 3.36. The van der Waals surface area contributed by atoms with E-state index in [1.54, 1.807) is 18.2 Å². The Morgan fingerprint density at radius 1 is 0.966 bits per heavy atom. The Balaban J connectivity index is 1.54. The van der Waals surface area contributed by atoms with Crippen molar-refractivity contribution in [2.24, 2.45) is 0 Å². The number of rotatable bonds is 7. The minimum Gasteiger partial charge on any atom is -0.493 e. The van der Waals surface area contributed by atoms with Crippen LogP contribution in [0.15, 0.2) is 42.5 Å². The second-order valence-corrected chi connectivity index (χ2v) is 6.76. The third-order valence-electron chi connectivity index (χ3n) is 4.83. The van der Waals surface area contributed by atoms with E-state index in [9.17, 15) is 9.59 Å². The summed E-state index contributed by atoms with van der Waals surface area (Å²) in [6.45, 7) is 1.73. The van der Waals surface area contributed by atoms with E-state index in [1.807, 2.05) is 24.3 Å². The van der Waals surface area contributed by atoms with E-state index in [4.69, 9.17) is 14.2 Å². The Morgan fingerprint density at radius 3 is 2.34 bits per heavy atom. The van der Waals surface area contributed by atoms with Crippen LogP contribution in [0.1, 0.15) is 29.6 Å². The maximum absolute atomic E-state index is 12.3. The van der Waals surface area contributed by atoms with Gasteiger partial charge in [-0.25, -0.2) is 4.79 Å². The van der Waals surface area contributed by atoms with Crippen LogP contribution in [0.5, 0.6) is 11.5 Å². The van der Waals surface area contributed by atoms with Gasteiger partial charge in [0.25, 0.3) is 5.91 Å². The van der Waals surface area contributed by atoms with Gasteiger partial charge in [0.05, 0.1) is 14.2 Å². The van der Waals surface area contributed by atoms with Gasteiger partial charge in [-0.3, -0.25) is 4.79 Å². The molecule has 1 saturated heterocycles. The topological polar surface area (TPSA) is 77.1 Å². The van der Waals surface area contributed by atoms with Crippen LogP contribution < -0.4 is 19.7 Å². The summed E-state index contributed by atoms with van der Waals surface area (Å²) in [7, 11) is 2.92. The van der Waals surface area contributed by atoms with Gasteiger partial charge in [0.2, 0.25) is 0 Å². The molecule has 1 fully saturated rings. The normalized spacial score (nSPS) is 13.5. The van der Waals surface area contributed by atoms with Crippen LogP contribution in [-0.4, -0.2) is 45.8 Å². The van der Waals surface area contributed by atoms with Gasteiger partial charge in [-0.2, -0.15) is 0 Å². The largest absolute Gasteiger partial charge is 0.493 e. The number of carbonyl (C=O) groups excluding carboxylic acids is 2. The third kappa shape index (κ3) is 5.19. The molecule has 1 amide bonds. The number of hydrogen-bond donors (Lipinski definition) is 1. The quantitative estimate of drug-likeness (QED) is 0.720. The van der Waals surface area contributed by atoms with Gasteiger partial charge in [-0.15, -0.1) is 0 Å². The maximum atomic E-state index is 12.3. The van der Waals surface area contributed by atoms with Crippen LogP contribution in [0.4, 0.5) is 11.4 Å². The van der Waals surface area contributed by atoms with Crippen molar-refractivity contribution in [3.8, 4) is 11.5 Å². The van der Waals surface area contributed by atoms with Crippen molar-refractivity contribution in [3.05, 3.63) is 48.0 Å². The number of nitrogens with one attached hydrogen (secondary N) is 1. The van der Waals surface area contributed by atoms with Crippen LogP contribution in [0.3, 0.4) is 0 Å². The van der Waals surface area contributed by atoms with Crippen molar-refractivity contribution < 1.29 is 23.8 Å². The average molecular weight is 398 g/mol. The average Bonchev–Trinajstić information content (AvgIpc) is 2.78. The SMILES string of the molecule is COc1cccc(C(=O)OCC(=O)Nc2ccc(N3CCCCC3)cc2)c1OC. The summed E-state index contributed by atoms with van der Waals surface area (Å²) < 4.78 is 15.5. The summed E-state index contributed by atoms with van der Waals surface area (Å²) in [5, 5.41) is 2.74. The zero-order valence-corrected chi connectivity index (χ0v) is 16.8. The number of anilines is 2.